The van der Waals surface area contributed by atoms with E-state index in [4.69, 9.17) is 0 Å². The second kappa shape index (κ2) is 8.74. The molecular weight excluding hydrogens is 426 g/mol. The van der Waals surface area contributed by atoms with Crippen LogP contribution in [-0.4, -0.2) is 32.1 Å². The highest BCUT2D eigenvalue weighted by Crippen LogP contribution is 2.31. The van der Waals surface area contributed by atoms with Crippen LogP contribution in [0.4, 0.5) is 32.3 Å². The first-order chi connectivity index (χ1) is 14.5. The van der Waals surface area contributed by atoms with Gasteiger partial charge < -0.3 is 0 Å². The topological polar surface area (TPSA) is 68.0 Å². The zero-order valence-electron chi connectivity index (χ0n) is 16.0. The number of benzene rings is 1. The van der Waals surface area contributed by atoms with E-state index in [9.17, 15) is 26.3 Å². The smallest absolute Gasteiger partial charge is 0.263 e. The van der Waals surface area contributed by atoms with Crippen molar-refractivity contribution < 1.29 is 26.3 Å². The van der Waals surface area contributed by atoms with Crippen molar-refractivity contribution in [2.24, 2.45) is 5.10 Å². The molecule has 12 heteroatoms. The fourth-order valence-electron chi connectivity index (χ4n) is 2.58. The van der Waals surface area contributed by atoms with Crippen LogP contribution in [0.15, 0.2) is 47.7 Å². The molecule has 31 heavy (non-hydrogen) atoms. The summed E-state index contributed by atoms with van der Waals surface area (Å²) in [6, 6.07) is 8.98. The van der Waals surface area contributed by atoms with Gasteiger partial charge in [0.2, 0.25) is 5.95 Å². The second-order valence-electron chi connectivity index (χ2n) is 6.43. The van der Waals surface area contributed by atoms with Crippen molar-refractivity contribution in [3.63, 3.8) is 0 Å². The monoisotopic (exact) mass is 442 g/mol. The Morgan fingerprint density at radius 2 is 1.74 bits per heavy atom. The summed E-state index contributed by atoms with van der Waals surface area (Å²) >= 11 is 0. The molecule has 0 unspecified atom stereocenters. The van der Waals surface area contributed by atoms with Gasteiger partial charge in [0.05, 0.1) is 11.9 Å². The van der Waals surface area contributed by atoms with Crippen molar-refractivity contribution >= 4 is 12.2 Å². The number of anilines is 1. The van der Waals surface area contributed by atoms with Crippen molar-refractivity contribution in [2.45, 2.75) is 32.2 Å². The van der Waals surface area contributed by atoms with Crippen molar-refractivity contribution in [3.05, 3.63) is 59.5 Å². The number of rotatable bonds is 6. The maximum Gasteiger partial charge on any atom is 0.433 e. The summed E-state index contributed by atoms with van der Waals surface area (Å²) < 4.78 is 77.5. The number of hydrogen-bond donors (Lipinski definition) is 1. The molecule has 3 rings (SSSR count). The Bertz CT molecular complexity index is 1050. The molecule has 0 atom stereocenters. The van der Waals surface area contributed by atoms with Crippen molar-refractivity contribution in [1.29, 1.82) is 0 Å². The van der Waals surface area contributed by atoms with E-state index in [0.717, 1.165) is 30.5 Å². The Morgan fingerprint density at radius 3 is 2.35 bits per heavy atom. The van der Waals surface area contributed by atoms with E-state index in [-0.39, 0.29) is 11.4 Å². The highest BCUT2D eigenvalue weighted by Gasteiger charge is 2.34. The molecule has 1 N–H and O–H groups in total. The van der Waals surface area contributed by atoms with Crippen LogP contribution in [-0.2, 0) is 19.1 Å². The number of hydrazone groups is 1. The van der Waals surface area contributed by atoms with Gasteiger partial charge in [-0.15, -0.1) is 0 Å². The Morgan fingerprint density at radius 1 is 1.03 bits per heavy atom. The van der Waals surface area contributed by atoms with Gasteiger partial charge in [0.15, 0.2) is 5.69 Å². The van der Waals surface area contributed by atoms with E-state index in [0.29, 0.717) is 10.2 Å². The molecule has 0 saturated heterocycles. The molecule has 0 aliphatic carbocycles. The van der Waals surface area contributed by atoms with E-state index in [1.165, 1.54) is 6.07 Å². The van der Waals surface area contributed by atoms with Crippen LogP contribution in [0.2, 0.25) is 0 Å². The molecule has 0 fully saturated rings. The Labute approximate surface area is 172 Å². The highest BCUT2D eigenvalue weighted by molar-refractivity contribution is 5.77. The normalized spacial score (nSPS) is 12.5. The fraction of sp³-hybridized carbons (Fsp3) is 0.263. The van der Waals surface area contributed by atoms with Gasteiger partial charge in [-0.05, 0) is 24.1 Å². The number of alkyl halides is 6. The lowest BCUT2D eigenvalue weighted by Gasteiger charge is -2.10. The van der Waals surface area contributed by atoms with Crippen molar-refractivity contribution in [3.8, 4) is 11.3 Å². The molecule has 0 spiro atoms. The van der Waals surface area contributed by atoms with E-state index in [2.05, 4.69) is 25.6 Å². The Balaban J connectivity index is 1.82. The van der Waals surface area contributed by atoms with Gasteiger partial charge in [-0.2, -0.15) is 36.5 Å². The lowest BCUT2D eigenvalue weighted by atomic mass is 10.1. The maximum absolute atomic E-state index is 13.2. The highest BCUT2D eigenvalue weighted by atomic mass is 19.4. The molecule has 0 radical (unpaired) electrons. The molecular formula is C19H16F6N6. The van der Waals surface area contributed by atoms with Gasteiger partial charge in [0.25, 0.3) is 0 Å². The molecule has 3 aromatic rings. The molecule has 0 amide bonds. The predicted octanol–water partition coefficient (Wildman–Crippen LogP) is 4.93. The molecule has 1 aromatic carbocycles. The Hall–Kier alpha value is -3.44. The number of nitrogens with one attached hydrogen (secondary N) is 1. The first-order valence-corrected chi connectivity index (χ1v) is 8.98. The average Bonchev–Trinajstić information content (AvgIpc) is 3.12. The minimum Gasteiger partial charge on any atom is -0.263 e. The minimum atomic E-state index is -4.71. The maximum atomic E-state index is 13.2. The third kappa shape index (κ3) is 6.27. The summed E-state index contributed by atoms with van der Waals surface area (Å²) in [5.74, 6) is -0.421. The lowest BCUT2D eigenvalue weighted by molar-refractivity contribution is -0.143. The second-order valence-corrected chi connectivity index (χ2v) is 6.43. The van der Waals surface area contributed by atoms with Crippen molar-refractivity contribution in [2.75, 3.05) is 5.43 Å². The first-order valence-electron chi connectivity index (χ1n) is 8.98. The van der Waals surface area contributed by atoms with Crippen LogP contribution < -0.4 is 5.43 Å². The van der Waals surface area contributed by atoms with Gasteiger partial charge in [0.1, 0.15) is 12.2 Å². The number of aromatic nitrogens is 4. The van der Waals surface area contributed by atoms with E-state index < -0.39 is 30.5 Å². The average molecular weight is 442 g/mol. The lowest BCUT2D eigenvalue weighted by Crippen LogP contribution is -2.18. The largest absolute Gasteiger partial charge is 0.433 e. The molecule has 0 bridgehead atoms. The molecule has 0 aliphatic rings. The summed E-state index contributed by atoms with van der Waals surface area (Å²) in [5.41, 5.74) is 2.69. The summed E-state index contributed by atoms with van der Waals surface area (Å²) in [6.45, 7) is 0.679. The minimum absolute atomic E-state index is 0.0390. The third-order valence-electron chi connectivity index (χ3n) is 4.04. The van der Waals surface area contributed by atoms with Crippen LogP contribution >= 0.6 is 0 Å². The molecule has 164 valence electrons. The molecule has 2 aromatic heterocycles. The zero-order chi connectivity index (χ0) is 22.6. The first kappa shape index (κ1) is 22.2. The fourth-order valence-corrected chi connectivity index (χ4v) is 2.58. The summed E-state index contributed by atoms with van der Waals surface area (Å²) in [4.78, 5) is 7.46. The quantitative estimate of drug-likeness (QED) is 0.334. The molecule has 2 heterocycles. The SMILES string of the molecule is CCc1ccc(-c2cc(C(F)(F)F)nc(NN=Cc3ccn(CC(F)(F)F)n3)n2)cc1. The Kier molecular flexibility index (Phi) is 6.27. The number of halogens is 6. The number of aryl methyl sites for hydroxylation is 1. The van der Waals surface area contributed by atoms with Gasteiger partial charge in [-0.3, -0.25) is 4.68 Å². The molecule has 6 nitrogen and oxygen atoms in total. The van der Waals surface area contributed by atoms with Gasteiger partial charge >= 0.3 is 12.4 Å². The van der Waals surface area contributed by atoms with Crippen LogP contribution in [0.5, 0.6) is 0 Å². The van der Waals surface area contributed by atoms with Crippen molar-refractivity contribution in [1.82, 2.24) is 19.7 Å². The summed E-state index contributed by atoms with van der Waals surface area (Å²) in [7, 11) is 0. The third-order valence-corrected chi connectivity index (χ3v) is 4.04. The number of nitrogens with zero attached hydrogens (tertiary/aromatic N) is 5. The van der Waals surface area contributed by atoms with Crippen LogP contribution in [0, 0.1) is 0 Å². The van der Waals surface area contributed by atoms with Gasteiger partial charge in [0, 0.05) is 11.8 Å². The molecule has 0 saturated carbocycles. The van der Waals surface area contributed by atoms with E-state index in [1.54, 1.807) is 24.3 Å². The van der Waals surface area contributed by atoms with Gasteiger partial charge in [-0.25, -0.2) is 15.4 Å². The van der Waals surface area contributed by atoms with E-state index in [1.807, 2.05) is 6.92 Å². The predicted molar refractivity (Wildman–Crippen MR) is 101 cm³/mol. The van der Waals surface area contributed by atoms with Crippen LogP contribution in [0.3, 0.4) is 0 Å². The van der Waals surface area contributed by atoms with Crippen LogP contribution in [0.1, 0.15) is 23.9 Å². The van der Waals surface area contributed by atoms with Gasteiger partial charge in [-0.1, -0.05) is 31.2 Å². The summed E-state index contributed by atoms with van der Waals surface area (Å²) in [6.07, 6.45) is -6.22. The molecule has 0 aliphatic heterocycles. The zero-order valence-corrected chi connectivity index (χ0v) is 16.0. The van der Waals surface area contributed by atoms with Crippen LogP contribution in [0.25, 0.3) is 11.3 Å². The number of hydrogen-bond acceptors (Lipinski definition) is 5. The van der Waals surface area contributed by atoms with E-state index >= 15 is 0 Å². The standard InChI is InChI=1S/C19H16F6N6/c1-2-12-3-5-13(6-4-12)15-9-16(19(23,24)25)28-17(27-15)29-26-10-14-7-8-31(30-14)11-18(20,21)22/h3-10H,2,11H2,1H3,(H,27,28,29). The summed E-state index contributed by atoms with van der Waals surface area (Å²) in [5, 5.41) is 7.33.